The highest BCUT2D eigenvalue weighted by Gasteiger charge is 2.19. The number of amides is 1. The van der Waals surface area contributed by atoms with E-state index in [0.29, 0.717) is 12.1 Å². The summed E-state index contributed by atoms with van der Waals surface area (Å²) in [5, 5.41) is 2.79. The Morgan fingerprint density at radius 3 is 2.32 bits per heavy atom. The standard InChI is InChI=1S/C21H25F2N3O2/c22-21(23)28-19-9-5-4-8-18(19)14-24-20(27)16-26-12-10-25(11-13-26)15-17-6-2-1-3-7-17/h1-9,21H,10-16H2,(H,24,27). The Bertz CT molecular complexity index is 750. The molecule has 0 radical (unpaired) electrons. The fourth-order valence-electron chi connectivity index (χ4n) is 3.26. The first kappa shape index (κ1) is 20.2. The summed E-state index contributed by atoms with van der Waals surface area (Å²) in [6.07, 6.45) is 0. The van der Waals surface area contributed by atoms with E-state index in [0.717, 1.165) is 32.7 Å². The van der Waals surface area contributed by atoms with E-state index in [1.165, 1.54) is 11.6 Å². The summed E-state index contributed by atoms with van der Waals surface area (Å²) in [5.41, 5.74) is 1.82. The highest BCUT2D eigenvalue weighted by Crippen LogP contribution is 2.20. The molecule has 0 bridgehead atoms. The van der Waals surface area contributed by atoms with E-state index >= 15 is 0 Å². The van der Waals surface area contributed by atoms with Gasteiger partial charge in [0, 0.05) is 44.8 Å². The highest BCUT2D eigenvalue weighted by atomic mass is 19.3. The van der Waals surface area contributed by atoms with E-state index in [2.05, 4.69) is 32.0 Å². The van der Waals surface area contributed by atoms with Crippen LogP contribution in [0, 0.1) is 0 Å². The van der Waals surface area contributed by atoms with Crippen molar-refractivity contribution in [3.05, 3.63) is 65.7 Å². The van der Waals surface area contributed by atoms with Crippen LogP contribution in [0.5, 0.6) is 5.75 Å². The molecule has 1 N–H and O–H groups in total. The lowest BCUT2D eigenvalue weighted by Gasteiger charge is -2.34. The third kappa shape index (κ3) is 6.28. The van der Waals surface area contributed by atoms with Gasteiger partial charge in [-0.1, -0.05) is 48.5 Å². The van der Waals surface area contributed by atoms with Crippen LogP contribution in [-0.2, 0) is 17.9 Å². The van der Waals surface area contributed by atoms with Gasteiger partial charge in [-0.15, -0.1) is 0 Å². The lowest BCUT2D eigenvalue weighted by molar-refractivity contribution is -0.122. The fourth-order valence-corrected chi connectivity index (χ4v) is 3.26. The van der Waals surface area contributed by atoms with E-state index < -0.39 is 6.61 Å². The number of hydrogen-bond donors (Lipinski definition) is 1. The molecule has 0 spiro atoms. The zero-order valence-electron chi connectivity index (χ0n) is 15.7. The Morgan fingerprint density at radius 1 is 0.964 bits per heavy atom. The number of carbonyl (C=O) groups is 1. The molecule has 1 heterocycles. The Labute approximate surface area is 163 Å². The second-order valence-corrected chi connectivity index (χ2v) is 6.80. The molecule has 1 aliphatic rings. The molecular weight excluding hydrogens is 364 g/mol. The van der Waals surface area contributed by atoms with Gasteiger partial charge in [-0.25, -0.2) is 0 Å². The second-order valence-electron chi connectivity index (χ2n) is 6.80. The number of nitrogens with zero attached hydrogens (tertiary/aromatic N) is 2. The maximum Gasteiger partial charge on any atom is 0.387 e. The van der Waals surface area contributed by atoms with Crippen LogP contribution in [0.2, 0.25) is 0 Å². The van der Waals surface area contributed by atoms with Gasteiger partial charge in [0.2, 0.25) is 5.91 Å². The minimum atomic E-state index is -2.89. The van der Waals surface area contributed by atoms with Crippen molar-refractivity contribution in [3.8, 4) is 5.75 Å². The third-order valence-corrected chi connectivity index (χ3v) is 4.75. The van der Waals surface area contributed by atoms with Crippen molar-refractivity contribution >= 4 is 5.91 Å². The summed E-state index contributed by atoms with van der Waals surface area (Å²) in [6, 6.07) is 16.8. The molecule has 150 valence electrons. The van der Waals surface area contributed by atoms with Crippen LogP contribution in [0.1, 0.15) is 11.1 Å². The number of hydrogen-bond acceptors (Lipinski definition) is 4. The Morgan fingerprint density at radius 2 is 1.61 bits per heavy atom. The van der Waals surface area contributed by atoms with Gasteiger partial charge in [0.15, 0.2) is 0 Å². The minimum Gasteiger partial charge on any atom is -0.434 e. The summed E-state index contributed by atoms with van der Waals surface area (Å²) in [6.45, 7) is 1.97. The first-order valence-electron chi connectivity index (χ1n) is 9.38. The molecule has 2 aromatic rings. The van der Waals surface area contributed by atoms with Gasteiger partial charge in [0.05, 0.1) is 6.54 Å². The Hall–Kier alpha value is -2.51. The molecule has 0 atom stereocenters. The van der Waals surface area contributed by atoms with Crippen LogP contribution in [-0.4, -0.2) is 55.0 Å². The summed E-state index contributed by atoms with van der Waals surface area (Å²) in [5.74, 6) is -0.0318. The number of benzene rings is 2. The molecular formula is C21H25F2N3O2. The number of alkyl halides is 2. The predicted molar refractivity (Wildman–Crippen MR) is 103 cm³/mol. The van der Waals surface area contributed by atoms with E-state index in [1.807, 2.05) is 18.2 Å². The SMILES string of the molecule is O=C(CN1CCN(Cc2ccccc2)CC1)NCc1ccccc1OC(F)F. The fraction of sp³-hybridized carbons (Fsp3) is 0.381. The van der Waals surface area contributed by atoms with Crippen LogP contribution >= 0.6 is 0 Å². The number of carbonyl (C=O) groups excluding carboxylic acids is 1. The Balaban J connectivity index is 1.40. The zero-order chi connectivity index (χ0) is 19.8. The molecule has 0 aliphatic carbocycles. The second kappa shape index (κ2) is 10.1. The van der Waals surface area contributed by atoms with Crippen LogP contribution in [0.4, 0.5) is 8.78 Å². The molecule has 1 fully saturated rings. The van der Waals surface area contributed by atoms with Crippen molar-refractivity contribution in [1.29, 1.82) is 0 Å². The van der Waals surface area contributed by atoms with Gasteiger partial charge >= 0.3 is 6.61 Å². The predicted octanol–water partition coefficient (Wildman–Crippen LogP) is 2.72. The third-order valence-electron chi connectivity index (χ3n) is 4.75. The van der Waals surface area contributed by atoms with E-state index in [-0.39, 0.29) is 18.2 Å². The molecule has 1 aliphatic heterocycles. The molecule has 3 rings (SSSR count). The number of halogens is 2. The largest absolute Gasteiger partial charge is 0.434 e. The Kier molecular flexibility index (Phi) is 7.33. The van der Waals surface area contributed by atoms with Gasteiger partial charge in [-0.2, -0.15) is 8.78 Å². The van der Waals surface area contributed by atoms with Crippen LogP contribution < -0.4 is 10.1 Å². The molecule has 5 nitrogen and oxygen atoms in total. The van der Waals surface area contributed by atoms with Crippen molar-refractivity contribution in [2.24, 2.45) is 0 Å². The van der Waals surface area contributed by atoms with Crippen molar-refractivity contribution in [2.45, 2.75) is 19.7 Å². The lowest BCUT2D eigenvalue weighted by atomic mass is 10.2. The van der Waals surface area contributed by atoms with Crippen LogP contribution in [0.25, 0.3) is 0 Å². The molecule has 0 aromatic heterocycles. The zero-order valence-corrected chi connectivity index (χ0v) is 15.7. The van der Waals surface area contributed by atoms with E-state index in [4.69, 9.17) is 0 Å². The van der Waals surface area contributed by atoms with Crippen molar-refractivity contribution in [3.63, 3.8) is 0 Å². The minimum absolute atomic E-state index is 0.0901. The van der Waals surface area contributed by atoms with Gasteiger partial charge < -0.3 is 10.1 Å². The summed E-state index contributed by atoms with van der Waals surface area (Å²) >= 11 is 0. The van der Waals surface area contributed by atoms with Crippen molar-refractivity contribution in [1.82, 2.24) is 15.1 Å². The maximum atomic E-state index is 12.5. The average molecular weight is 389 g/mol. The maximum absolute atomic E-state index is 12.5. The van der Waals surface area contributed by atoms with Crippen LogP contribution in [0.15, 0.2) is 54.6 Å². The normalized spacial score (nSPS) is 15.5. The van der Waals surface area contributed by atoms with Crippen molar-refractivity contribution < 1.29 is 18.3 Å². The molecule has 0 unspecified atom stereocenters. The highest BCUT2D eigenvalue weighted by molar-refractivity contribution is 5.78. The topological polar surface area (TPSA) is 44.8 Å². The van der Waals surface area contributed by atoms with Gasteiger partial charge in [0.1, 0.15) is 5.75 Å². The average Bonchev–Trinajstić information content (AvgIpc) is 2.69. The number of para-hydroxylation sites is 1. The lowest BCUT2D eigenvalue weighted by Crippen LogP contribution is -2.49. The van der Waals surface area contributed by atoms with Crippen molar-refractivity contribution in [2.75, 3.05) is 32.7 Å². The number of piperazine rings is 1. The number of nitrogens with one attached hydrogen (secondary N) is 1. The first-order valence-corrected chi connectivity index (χ1v) is 9.38. The first-order chi connectivity index (χ1) is 13.6. The monoisotopic (exact) mass is 389 g/mol. The summed E-state index contributed by atoms with van der Waals surface area (Å²) in [7, 11) is 0. The van der Waals surface area contributed by atoms with E-state index in [9.17, 15) is 13.6 Å². The molecule has 0 saturated carbocycles. The number of rotatable bonds is 8. The molecule has 1 saturated heterocycles. The van der Waals surface area contributed by atoms with Gasteiger partial charge in [-0.3, -0.25) is 14.6 Å². The molecule has 28 heavy (non-hydrogen) atoms. The number of ether oxygens (including phenoxy) is 1. The summed E-state index contributed by atoms with van der Waals surface area (Å²) < 4.78 is 29.4. The molecule has 1 amide bonds. The van der Waals surface area contributed by atoms with Crippen LogP contribution in [0.3, 0.4) is 0 Å². The van der Waals surface area contributed by atoms with Gasteiger partial charge in [0.25, 0.3) is 0 Å². The van der Waals surface area contributed by atoms with E-state index in [1.54, 1.807) is 18.2 Å². The smallest absolute Gasteiger partial charge is 0.387 e. The summed E-state index contributed by atoms with van der Waals surface area (Å²) in [4.78, 5) is 16.7. The molecule has 7 heteroatoms. The van der Waals surface area contributed by atoms with Gasteiger partial charge in [-0.05, 0) is 11.6 Å². The quantitative estimate of drug-likeness (QED) is 0.754. The molecule has 2 aromatic carbocycles.